The molecule has 1 aliphatic carbocycles. The summed E-state index contributed by atoms with van der Waals surface area (Å²) in [6.07, 6.45) is 5.91. The Morgan fingerprint density at radius 3 is 1.83 bits per heavy atom. The molecule has 0 aromatic carbocycles. The van der Waals surface area contributed by atoms with Crippen LogP contribution in [0.2, 0.25) is 0 Å². The zero-order chi connectivity index (χ0) is 9.14. The molecule has 0 atom stereocenters. The summed E-state index contributed by atoms with van der Waals surface area (Å²) >= 11 is 0. The maximum atomic E-state index is 10.6. The van der Waals surface area contributed by atoms with Crippen molar-refractivity contribution in [2.75, 3.05) is 0 Å². The van der Waals surface area contributed by atoms with Crippen LogP contribution in [0.15, 0.2) is 24.3 Å². The second-order valence-electron chi connectivity index (χ2n) is 2.56. The topological polar surface area (TPSA) is 80.4 Å². The number of aliphatic carboxylic acids is 1. The van der Waals surface area contributed by atoms with Crippen molar-refractivity contribution in [2.45, 2.75) is 0 Å². The summed E-state index contributed by atoms with van der Waals surface area (Å²) in [7, 11) is 0. The summed E-state index contributed by atoms with van der Waals surface area (Å²) in [6, 6.07) is 0. The van der Waals surface area contributed by atoms with Gasteiger partial charge in [-0.3, -0.25) is 9.59 Å². The molecule has 0 saturated heterocycles. The van der Waals surface area contributed by atoms with Crippen molar-refractivity contribution in [2.24, 2.45) is 17.6 Å². The fourth-order valence-electron chi connectivity index (χ4n) is 0.961. The average Bonchev–Trinajstić information content (AvgIpc) is 2.04. The number of primary amides is 1. The van der Waals surface area contributed by atoms with Crippen LogP contribution in [0.3, 0.4) is 0 Å². The highest BCUT2D eigenvalue weighted by Crippen LogP contribution is 2.13. The van der Waals surface area contributed by atoms with Crippen molar-refractivity contribution < 1.29 is 14.7 Å². The lowest BCUT2D eigenvalue weighted by Crippen LogP contribution is -2.22. The lowest BCUT2D eigenvalue weighted by molar-refractivity contribution is -0.138. The minimum Gasteiger partial charge on any atom is -0.481 e. The van der Waals surface area contributed by atoms with Gasteiger partial charge >= 0.3 is 5.97 Å². The van der Waals surface area contributed by atoms with Crippen LogP contribution in [0.4, 0.5) is 0 Å². The van der Waals surface area contributed by atoms with Crippen molar-refractivity contribution in [1.82, 2.24) is 0 Å². The lowest BCUT2D eigenvalue weighted by atomic mass is 9.96. The van der Waals surface area contributed by atoms with Gasteiger partial charge in [-0.1, -0.05) is 24.3 Å². The van der Waals surface area contributed by atoms with E-state index < -0.39 is 23.7 Å². The normalized spacial score (nSPS) is 27.0. The number of rotatable bonds is 2. The Balaban J connectivity index is 2.66. The first kappa shape index (κ1) is 8.52. The van der Waals surface area contributed by atoms with Crippen LogP contribution < -0.4 is 5.73 Å². The van der Waals surface area contributed by atoms with Crippen LogP contribution in [0, 0.1) is 11.8 Å². The summed E-state index contributed by atoms with van der Waals surface area (Å²) in [5.74, 6) is -2.47. The van der Waals surface area contributed by atoms with Crippen LogP contribution in [-0.2, 0) is 9.59 Å². The van der Waals surface area contributed by atoms with E-state index in [1.807, 2.05) is 0 Å². The molecule has 0 aromatic heterocycles. The third-order valence-corrected chi connectivity index (χ3v) is 1.67. The zero-order valence-electron chi connectivity index (χ0n) is 6.31. The van der Waals surface area contributed by atoms with Crippen molar-refractivity contribution >= 4 is 11.9 Å². The van der Waals surface area contributed by atoms with Gasteiger partial charge in [0, 0.05) is 0 Å². The van der Waals surface area contributed by atoms with Gasteiger partial charge in [-0.05, 0) is 0 Å². The number of nitrogens with two attached hydrogens (primary N) is 1. The SMILES string of the molecule is NC(=O)C1C=CC(C(=O)O)C=C1. The summed E-state index contributed by atoms with van der Waals surface area (Å²) < 4.78 is 0. The molecule has 4 heteroatoms. The number of carbonyl (C=O) groups is 2. The number of carboxylic acids is 1. The smallest absolute Gasteiger partial charge is 0.314 e. The van der Waals surface area contributed by atoms with Gasteiger partial charge in [0.05, 0.1) is 11.8 Å². The van der Waals surface area contributed by atoms with E-state index in [1.165, 1.54) is 24.3 Å². The molecule has 1 amide bonds. The largest absolute Gasteiger partial charge is 0.481 e. The predicted molar refractivity (Wildman–Crippen MR) is 42.1 cm³/mol. The molecule has 64 valence electrons. The molecular weight excluding hydrogens is 158 g/mol. The molecule has 1 aliphatic rings. The fourth-order valence-corrected chi connectivity index (χ4v) is 0.961. The fraction of sp³-hybridized carbons (Fsp3) is 0.250. The maximum Gasteiger partial charge on any atom is 0.314 e. The molecular formula is C8H9NO3. The summed E-state index contributed by atoms with van der Waals surface area (Å²) in [6.45, 7) is 0. The molecule has 0 aromatic rings. The second kappa shape index (κ2) is 3.21. The molecule has 12 heavy (non-hydrogen) atoms. The maximum absolute atomic E-state index is 10.6. The summed E-state index contributed by atoms with van der Waals surface area (Å²) in [4.78, 5) is 21.0. The summed E-state index contributed by atoms with van der Waals surface area (Å²) in [5.41, 5.74) is 5.00. The highest BCUT2D eigenvalue weighted by atomic mass is 16.4. The molecule has 0 bridgehead atoms. The van der Waals surface area contributed by atoms with E-state index in [-0.39, 0.29) is 0 Å². The molecule has 3 N–H and O–H groups in total. The number of amides is 1. The van der Waals surface area contributed by atoms with Gasteiger partial charge < -0.3 is 10.8 Å². The van der Waals surface area contributed by atoms with Gasteiger partial charge in [-0.25, -0.2) is 0 Å². The van der Waals surface area contributed by atoms with Crippen LogP contribution >= 0.6 is 0 Å². The Bertz CT molecular complexity index is 227. The molecule has 0 heterocycles. The molecule has 0 saturated carbocycles. The van der Waals surface area contributed by atoms with Crippen molar-refractivity contribution in [3.05, 3.63) is 24.3 Å². The Hall–Kier alpha value is -1.58. The van der Waals surface area contributed by atoms with Gasteiger partial charge in [0.25, 0.3) is 0 Å². The van der Waals surface area contributed by atoms with E-state index in [4.69, 9.17) is 10.8 Å². The van der Waals surface area contributed by atoms with Crippen LogP contribution in [0.1, 0.15) is 0 Å². The highest BCUT2D eigenvalue weighted by Gasteiger charge is 2.17. The van der Waals surface area contributed by atoms with E-state index >= 15 is 0 Å². The van der Waals surface area contributed by atoms with Crippen molar-refractivity contribution in [3.8, 4) is 0 Å². The first-order valence-electron chi connectivity index (χ1n) is 3.50. The molecule has 0 fully saturated rings. The van der Waals surface area contributed by atoms with Crippen LogP contribution in [0.25, 0.3) is 0 Å². The highest BCUT2D eigenvalue weighted by molar-refractivity contribution is 5.82. The van der Waals surface area contributed by atoms with Crippen molar-refractivity contribution in [3.63, 3.8) is 0 Å². The predicted octanol–water partition coefficient (Wildman–Crippen LogP) is -0.0853. The molecule has 0 spiro atoms. The van der Waals surface area contributed by atoms with Gasteiger partial charge in [0.1, 0.15) is 0 Å². The van der Waals surface area contributed by atoms with Gasteiger partial charge in [0.2, 0.25) is 5.91 Å². The van der Waals surface area contributed by atoms with Gasteiger partial charge in [-0.2, -0.15) is 0 Å². The van der Waals surface area contributed by atoms with E-state index in [0.29, 0.717) is 0 Å². The lowest BCUT2D eigenvalue weighted by Gasteiger charge is -2.10. The first-order valence-corrected chi connectivity index (χ1v) is 3.50. The van der Waals surface area contributed by atoms with E-state index in [0.717, 1.165) is 0 Å². The van der Waals surface area contributed by atoms with Crippen LogP contribution in [-0.4, -0.2) is 17.0 Å². The van der Waals surface area contributed by atoms with E-state index in [1.54, 1.807) is 0 Å². The van der Waals surface area contributed by atoms with Gasteiger partial charge in [-0.15, -0.1) is 0 Å². The molecule has 1 rings (SSSR count). The number of hydrogen-bond donors (Lipinski definition) is 2. The minimum absolute atomic E-state index is 0.458. The Labute approximate surface area is 69.4 Å². The second-order valence-corrected chi connectivity index (χ2v) is 2.56. The standard InChI is InChI=1S/C8H9NO3/c9-7(10)5-1-3-6(4-2-5)8(11)12/h1-6H,(H2,9,10)(H,11,12). The average molecular weight is 167 g/mol. The minimum atomic E-state index is -0.926. The van der Waals surface area contributed by atoms with Gasteiger partial charge in [0.15, 0.2) is 0 Å². The number of hydrogen-bond acceptors (Lipinski definition) is 2. The van der Waals surface area contributed by atoms with Crippen molar-refractivity contribution in [1.29, 1.82) is 0 Å². The quantitative estimate of drug-likeness (QED) is 0.564. The monoisotopic (exact) mass is 167 g/mol. The van der Waals surface area contributed by atoms with E-state index in [2.05, 4.69) is 0 Å². The zero-order valence-corrected chi connectivity index (χ0v) is 6.31. The Kier molecular flexibility index (Phi) is 2.28. The third kappa shape index (κ3) is 1.72. The number of carbonyl (C=O) groups excluding carboxylic acids is 1. The molecule has 4 nitrogen and oxygen atoms in total. The summed E-state index contributed by atoms with van der Waals surface area (Å²) in [5, 5.41) is 8.54. The molecule has 0 radical (unpaired) electrons. The number of carboxylic acid groups (broad SMARTS) is 1. The Morgan fingerprint density at radius 2 is 1.50 bits per heavy atom. The third-order valence-electron chi connectivity index (χ3n) is 1.67. The Morgan fingerprint density at radius 1 is 1.08 bits per heavy atom. The molecule has 0 unspecified atom stereocenters. The molecule has 0 aliphatic heterocycles. The first-order chi connectivity index (χ1) is 5.61. The van der Waals surface area contributed by atoms with E-state index in [9.17, 15) is 9.59 Å². The van der Waals surface area contributed by atoms with Crippen LogP contribution in [0.5, 0.6) is 0 Å².